The van der Waals surface area contributed by atoms with Gasteiger partial charge >= 0.3 is 0 Å². The molecule has 0 saturated heterocycles. The molecule has 0 fully saturated rings. The predicted octanol–water partition coefficient (Wildman–Crippen LogP) is 34.7. The molecule has 12 nitrogen and oxygen atoms in total. The number of rotatable bonds is 15. The van der Waals surface area contributed by atoms with Gasteiger partial charge in [0.15, 0.2) is 52.4 Å². The summed E-state index contributed by atoms with van der Waals surface area (Å²) in [4.78, 5) is 46.1. The lowest BCUT2D eigenvalue weighted by Crippen LogP contribution is -2.02. The Bertz CT molecular complexity index is 9860. The molecule has 0 saturated carbocycles. The number of nitrogens with zero attached hydrogens (tertiary/aromatic N) is 12. The highest BCUT2D eigenvalue weighted by Crippen LogP contribution is 2.45. The summed E-state index contributed by atoms with van der Waals surface area (Å²) in [6.45, 7) is 0. The third-order valence-electron chi connectivity index (χ3n) is 28.6. The molecule has 0 amide bonds. The van der Waals surface area contributed by atoms with Gasteiger partial charge in [-0.25, -0.2) is 44.9 Å². The highest BCUT2D eigenvalue weighted by molar-refractivity contribution is 6.15. The van der Waals surface area contributed by atoms with E-state index in [1.807, 2.05) is 48.5 Å². The van der Waals surface area contributed by atoms with Gasteiger partial charge in [0.2, 0.25) is 0 Å². The van der Waals surface area contributed by atoms with E-state index < -0.39 is 0 Å². The van der Waals surface area contributed by atoms with E-state index in [2.05, 4.69) is 499 Å². The maximum atomic E-state index is 5.18. The molecule has 29 rings (SSSR count). The van der Waals surface area contributed by atoms with Crippen LogP contribution in [0.15, 0.2) is 534 Å². The molecule has 0 aliphatic rings. The van der Waals surface area contributed by atoms with Crippen LogP contribution in [-0.2, 0) is 0 Å². The summed E-state index contributed by atoms with van der Waals surface area (Å²) in [5.74, 6) is 5.77. The van der Waals surface area contributed by atoms with E-state index in [1.165, 1.54) is 92.9 Å². The zero-order chi connectivity index (χ0) is 98.6. The number of aromatic nitrogens is 12. The summed E-state index contributed by atoms with van der Waals surface area (Å²) in [7, 11) is 0. The Balaban J connectivity index is 0.000000110. The van der Waals surface area contributed by atoms with E-state index >= 15 is 0 Å². The third-order valence-corrected chi connectivity index (χ3v) is 28.6. The SMILES string of the molecule is c1ccc(-c2ccc(-c3nc(-c4ccc(-c5ccccc5)cc4)nc(-c4ccc(-n5c6ccccc6c6ccccc65)c5ccccc45)n3)cc2)cc1.c1ccc(-c2ccc(-c3nc(-c4ccccc4)nc(-c4ccc(-n5c6ccccc6c6ccccc65)c5ccccc45)n3)cc2)cc1.c1ccc2cc(-c3nc(-c4ccc5ccccc5c4)nc(-c4ccc(-n5c6ccccc6c6ccccc65)c5ccccc45)n3)ccc2c1. The van der Waals surface area contributed by atoms with Crippen LogP contribution >= 0.6 is 0 Å². The second-order valence-corrected chi connectivity index (χ2v) is 37.4. The summed E-state index contributed by atoms with van der Waals surface area (Å²) < 4.78 is 7.13. The standard InChI is InChI=1S/C49H32N4.C45H28N4.C43H28N4/c1-3-13-33(14-4-1)35-23-27-37(28-24-35)47-50-48(38-29-25-36(26-30-38)34-15-5-2-6-16-34)52-49(51-47)43-31-32-46(40-18-8-7-17-39(40)43)53-44-21-11-9-19-41(44)42-20-10-12-22-45(42)53;1-3-13-31-27-33(23-21-29(31)11-1)43-46-44(34-24-22-30-12-2-4-14-32(30)28-34)48-45(47-43)39-25-26-42(36-16-6-5-15-35(36)39)49-40-19-9-7-17-37(40)38-18-8-10-20-41(38)49;1-3-13-29(14-4-1)30-23-25-32(26-24-30)42-44-41(31-15-5-2-6-16-31)45-43(46-42)37-27-28-40(34-18-8-7-17-33(34)37)47-38-21-11-9-19-35(38)36-20-10-12-22-39(36)47/h1-32H;1-28H;1-28H. The Hall–Kier alpha value is -20.2. The van der Waals surface area contributed by atoms with E-state index in [-0.39, 0.29) is 0 Å². The van der Waals surface area contributed by atoms with Crippen molar-refractivity contribution in [3.05, 3.63) is 534 Å². The topological polar surface area (TPSA) is 131 Å². The van der Waals surface area contributed by atoms with E-state index in [0.717, 1.165) is 127 Å². The molecule has 149 heavy (non-hydrogen) atoms. The minimum atomic E-state index is 0.632. The normalized spacial score (nSPS) is 11.5. The van der Waals surface area contributed by atoms with Gasteiger partial charge in [0, 0.05) is 98.5 Å². The number of benzene rings is 23. The Morgan fingerprint density at radius 2 is 0.282 bits per heavy atom. The average Bonchev–Trinajstić information content (AvgIpc) is 1.59. The highest BCUT2D eigenvalue weighted by Gasteiger charge is 2.26. The molecule has 0 atom stereocenters. The molecule has 6 heterocycles. The molecule has 12 heteroatoms. The number of hydrogen-bond donors (Lipinski definition) is 0. The first-order valence-corrected chi connectivity index (χ1v) is 50.2. The molecule has 29 aromatic rings. The van der Waals surface area contributed by atoms with E-state index in [4.69, 9.17) is 44.9 Å². The monoisotopic (exact) mass is 1900 g/mol. The Kier molecular flexibility index (Phi) is 22.3. The number of para-hydroxylation sites is 6. The molecular formula is C137H88N12. The van der Waals surface area contributed by atoms with Gasteiger partial charge in [0.05, 0.1) is 50.2 Å². The van der Waals surface area contributed by atoms with Crippen molar-refractivity contribution < 1.29 is 0 Å². The maximum absolute atomic E-state index is 5.18. The first-order valence-electron chi connectivity index (χ1n) is 50.2. The zero-order valence-electron chi connectivity index (χ0n) is 80.7. The van der Waals surface area contributed by atoms with Gasteiger partial charge in [0.25, 0.3) is 0 Å². The molecule has 0 spiro atoms. The van der Waals surface area contributed by atoms with Crippen molar-refractivity contribution in [3.63, 3.8) is 0 Å². The molecule has 0 radical (unpaired) electrons. The highest BCUT2D eigenvalue weighted by atomic mass is 15.1. The minimum Gasteiger partial charge on any atom is -0.309 e. The quantitative estimate of drug-likeness (QED) is 0.0984. The average molecular weight is 1900 g/mol. The second kappa shape index (κ2) is 37.9. The van der Waals surface area contributed by atoms with Crippen LogP contribution < -0.4 is 0 Å². The van der Waals surface area contributed by atoms with Crippen LogP contribution in [0, 0.1) is 0 Å². The Morgan fingerprint density at radius 3 is 0.544 bits per heavy atom. The lowest BCUT2D eigenvalue weighted by molar-refractivity contribution is 1.08. The fourth-order valence-corrected chi connectivity index (χ4v) is 21.4. The Morgan fingerprint density at radius 1 is 0.107 bits per heavy atom. The van der Waals surface area contributed by atoms with Crippen LogP contribution in [0.3, 0.4) is 0 Å². The summed E-state index contributed by atoms with van der Waals surface area (Å²) >= 11 is 0. The third kappa shape index (κ3) is 16.3. The lowest BCUT2D eigenvalue weighted by atomic mass is 10.0. The van der Waals surface area contributed by atoms with Crippen molar-refractivity contribution >= 4 is 119 Å². The first kappa shape index (κ1) is 87.8. The van der Waals surface area contributed by atoms with Gasteiger partial charge in [-0.3, -0.25) is 0 Å². The van der Waals surface area contributed by atoms with E-state index in [1.54, 1.807) is 0 Å². The van der Waals surface area contributed by atoms with Crippen molar-refractivity contribution in [3.8, 4) is 153 Å². The zero-order valence-corrected chi connectivity index (χ0v) is 80.7. The van der Waals surface area contributed by atoms with Gasteiger partial charge in [-0.2, -0.15) is 0 Å². The van der Waals surface area contributed by atoms with Gasteiger partial charge in [-0.15, -0.1) is 0 Å². The smallest absolute Gasteiger partial charge is 0.164 e. The summed E-state index contributed by atoms with van der Waals surface area (Å²) in [5.41, 5.74) is 25.9. The van der Waals surface area contributed by atoms with Gasteiger partial charge in [-0.1, -0.05) is 449 Å². The van der Waals surface area contributed by atoms with Crippen LogP contribution in [0.2, 0.25) is 0 Å². The van der Waals surface area contributed by atoms with Crippen LogP contribution in [0.5, 0.6) is 0 Å². The predicted molar refractivity (Wildman–Crippen MR) is 615 cm³/mol. The minimum absolute atomic E-state index is 0.632. The van der Waals surface area contributed by atoms with Crippen molar-refractivity contribution in [2.24, 2.45) is 0 Å². The van der Waals surface area contributed by atoms with Crippen molar-refractivity contribution in [1.29, 1.82) is 0 Å². The van der Waals surface area contributed by atoms with Crippen molar-refractivity contribution in [1.82, 2.24) is 58.6 Å². The molecule has 23 aromatic carbocycles. The van der Waals surface area contributed by atoms with Crippen LogP contribution in [0.1, 0.15) is 0 Å². The van der Waals surface area contributed by atoms with E-state index in [0.29, 0.717) is 52.4 Å². The fourth-order valence-electron chi connectivity index (χ4n) is 21.4. The lowest BCUT2D eigenvalue weighted by Gasteiger charge is -2.15. The maximum Gasteiger partial charge on any atom is 0.164 e. The Labute approximate surface area is 858 Å². The molecule has 0 N–H and O–H groups in total. The number of hydrogen-bond acceptors (Lipinski definition) is 9. The van der Waals surface area contributed by atoms with Crippen LogP contribution in [-0.4, -0.2) is 58.6 Å². The van der Waals surface area contributed by atoms with Crippen molar-refractivity contribution in [2.45, 2.75) is 0 Å². The molecule has 0 aliphatic heterocycles. The largest absolute Gasteiger partial charge is 0.309 e. The molecule has 6 aromatic heterocycles. The summed E-state index contributed by atoms with van der Waals surface area (Å²) in [5, 5.41) is 18.7. The van der Waals surface area contributed by atoms with Crippen LogP contribution in [0.25, 0.3) is 272 Å². The molecule has 0 aliphatic carbocycles. The fraction of sp³-hybridized carbons (Fsp3) is 0. The summed E-state index contributed by atoms with van der Waals surface area (Å²) in [6, 6.07) is 187. The van der Waals surface area contributed by atoms with E-state index in [9.17, 15) is 0 Å². The van der Waals surface area contributed by atoms with Gasteiger partial charge in [0.1, 0.15) is 0 Å². The molecule has 0 unspecified atom stereocenters. The second-order valence-electron chi connectivity index (χ2n) is 37.4. The molecule has 696 valence electrons. The van der Waals surface area contributed by atoms with Crippen molar-refractivity contribution in [2.75, 3.05) is 0 Å². The molecular weight excluding hydrogens is 1810 g/mol. The number of fused-ring (bicyclic) bond motifs is 14. The molecule has 0 bridgehead atoms. The van der Waals surface area contributed by atoms with Gasteiger partial charge in [-0.05, 0) is 156 Å². The van der Waals surface area contributed by atoms with Gasteiger partial charge < -0.3 is 13.7 Å². The first-order chi connectivity index (χ1) is 73.9. The van der Waals surface area contributed by atoms with Crippen LogP contribution in [0.4, 0.5) is 0 Å². The summed E-state index contributed by atoms with van der Waals surface area (Å²) in [6.07, 6.45) is 0.